The molecule has 1 aromatic rings. The monoisotopic (exact) mass is 516 g/mol. The van der Waals surface area contributed by atoms with Gasteiger partial charge >= 0.3 is 183 Å². The van der Waals surface area contributed by atoms with Crippen LogP contribution in [0.2, 0.25) is 0 Å². The van der Waals surface area contributed by atoms with Crippen LogP contribution in [0.15, 0.2) is 41.5 Å². The zero-order valence-electron chi connectivity index (χ0n) is 17.8. The van der Waals surface area contributed by atoms with Crippen LogP contribution < -0.4 is 3.61 Å². The third-order valence-electron chi connectivity index (χ3n) is 6.24. The van der Waals surface area contributed by atoms with E-state index in [1.54, 1.807) is 0 Å². The Bertz CT molecular complexity index is 808. The molecule has 5 nitrogen and oxygen atoms in total. The molecule has 2 heterocycles. The topological polar surface area (TPSA) is 54.0 Å². The van der Waals surface area contributed by atoms with Gasteiger partial charge in [0.15, 0.2) is 0 Å². The van der Waals surface area contributed by atoms with Gasteiger partial charge in [0.1, 0.15) is 0 Å². The summed E-state index contributed by atoms with van der Waals surface area (Å²) in [7, 11) is 0. The summed E-state index contributed by atoms with van der Waals surface area (Å²) in [5.74, 6) is -1.46. The van der Waals surface area contributed by atoms with Gasteiger partial charge in [-0.05, 0) is 0 Å². The Hall–Kier alpha value is -0.740. The normalized spacial score (nSPS) is 30.1. The van der Waals surface area contributed by atoms with Crippen LogP contribution in [0.25, 0.3) is 0 Å². The first-order chi connectivity index (χ1) is 13.7. The van der Waals surface area contributed by atoms with Crippen LogP contribution in [0.1, 0.15) is 47.5 Å². The molecule has 0 bridgehead atoms. The second-order valence-electron chi connectivity index (χ2n) is 8.98. The predicted molar refractivity (Wildman–Crippen MR) is 111 cm³/mol. The number of rotatable bonds is 4. The van der Waals surface area contributed by atoms with Crippen molar-refractivity contribution in [2.24, 2.45) is 5.41 Å². The molecule has 29 heavy (non-hydrogen) atoms. The molecule has 1 aromatic carbocycles. The molecule has 0 amide bonds. The summed E-state index contributed by atoms with van der Waals surface area (Å²) >= 11 is -1.05. The molecule has 0 saturated carbocycles. The van der Waals surface area contributed by atoms with Gasteiger partial charge in [0, 0.05) is 0 Å². The summed E-state index contributed by atoms with van der Waals surface area (Å²) in [4.78, 5) is 13.4. The van der Waals surface area contributed by atoms with Gasteiger partial charge < -0.3 is 0 Å². The molecule has 2 atom stereocenters. The van der Waals surface area contributed by atoms with Crippen LogP contribution in [0, 0.1) is 5.41 Å². The van der Waals surface area contributed by atoms with E-state index in [0.29, 0.717) is 13.2 Å². The van der Waals surface area contributed by atoms with Crippen LogP contribution in [0.5, 0.6) is 0 Å². The summed E-state index contributed by atoms with van der Waals surface area (Å²) in [6.45, 7) is 11.4. The Balaban J connectivity index is 1.68. The first-order valence-electron chi connectivity index (χ1n) is 10.3. The van der Waals surface area contributed by atoms with E-state index in [1.165, 1.54) is 5.57 Å². The molecule has 0 radical (unpaired) electrons. The molecule has 4 rings (SSSR count). The Kier molecular flexibility index (Phi) is 5.74. The van der Waals surface area contributed by atoms with Gasteiger partial charge in [0.2, 0.25) is 0 Å². The van der Waals surface area contributed by atoms with Crippen molar-refractivity contribution >= 4 is 28.4 Å². The summed E-state index contributed by atoms with van der Waals surface area (Å²) in [6, 6.07) is 10.00. The fourth-order valence-electron chi connectivity index (χ4n) is 4.90. The molecular formula is C23H30O5Te. The van der Waals surface area contributed by atoms with Crippen molar-refractivity contribution in [3.05, 3.63) is 41.5 Å². The van der Waals surface area contributed by atoms with E-state index >= 15 is 0 Å². The molecule has 2 saturated heterocycles. The second kappa shape index (κ2) is 7.75. The van der Waals surface area contributed by atoms with E-state index in [-0.39, 0.29) is 3.83 Å². The zero-order chi connectivity index (χ0) is 20.9. The summed E-state index contributed by atoms with van der Waals surface area (Å²) in [5, 5.41) is 0. The molecule has 3 aliphatic rings. The first kappa shape index (κ1) is 21.5. The molecule has 0 unspecified atom stereocenters. The molecule has 1 spiro atoms. The number of carbonyl (C=O) groups excluding carboxylic acids is 1. The minimum atomic E-state index is -1.05. The van der Waals surface area contributed by atoms with Gasteiger partial charge in [0.05, 0.1) is 0 Å². The van der Waals surface area contributed by atoms with Crippen molar-refractivity contribution in [3.8, 4) is 0 Å². The minimum absolute atomic E-state index is 0.168. The SMILES string of the molecule is CC1=C([C@H]2OC(C)(C)O[C@@H]2C(=O)[Te]c2ccccc2)C(C)(C)C2(CC1)OCCO2. The molecular weight excluding hydrogens is 484 g/mol. The van der Waals surface area contributed by atoms with Gasteiger partial charge in [-0.15, -0.1) is 0 Å². The number of carbonyl (C=O) groups is 1. The molecule has 6 heteroatoms. The summed E-state index contributed by atoms with van der Waals surface area (Å²) in [6.07, 6.45) is 0.693. The van der Waals surface area contributed by atoms with Gasteiger partial charge in [-0.25, -0.2) is 0 Å². The molecule has 0 N–H and O–H groups in total. The average Bonchev–Trinajstić information content (AvgIpc) is 3.25. The molecule has 0 aromatic heterocycles. The zero-order valence-corrected chi connectivity index (χ0v) is 20.1. The van der Waals surface area contributed by atoms with Crippen LogP contribution in [0.4, 0.5) is 0 Å². The maximum atomic E-state index is 13.4. The molecule has 2 fully saturated rings. The average molecular weight is 514 g/mol. The predicted octanol–water partition coefficient (Wildman–Crippen LogP) is 2.94. The number of benzene rings is 1. The molecule has 158 valence electrons. The van der Waals surface area contributed by atoms with Gasteiger partial charge in [-0.1, -0.05) is 0 Å². The number of allylic oxidation sites excluding steroid dienone is 1. The van der Waals surface area contributed by atoms with E-state index in [4.69, 9.17) is 18.9 Å². The first-order valence-corrected chi connectivity index (χ1v) is 12.6. The number of hydrogen-bond acceptors (Lipinski definition) is 5. The van der Waals surface area contributed by atoms with Crippen molar-refractivity contribution < 1.29 is 23.7 Å². The van der Waals surface area contributed by atoms with Crippen LogP contribution >= 0.6 is 0 Å². The Morgan fingerprint density at radius 3 is 2.34 bits per heavy atom. The Labute approximate surface area is 183 Å². The van der Waals surface area contributed by atoms with E-state index in [0.717, 1.165) is 22.0 Å². The summed E-state index contributed by atoms with van der Waals surface area (Å²) < 4.78 is 26.1. The van der Waals surface area contributed by atoms with Crippen molar-refractivity contribution in [3.63, 3.8) is 0 Å². The van der Waals surface area contributed by atoms with Crippen molar-refractivity contribution in [2.75, 3.05) is 13.2 Å². The van der Waals surface area contributed by atoms with Crippen LogP contribution in [-0.4, -0.2) is 61.8 Å². The second-order valence-corrected chi connectivity index (χ2v) is 12.1. The van der Waals surface area contributed by atoms with Crippen LogP contribution in [-0.2, 0) is 23.7 Å². The van der Waals surface area contributed by atoms with Crippen LogP contribution in [0.3, 0.4) is 0 Å². The molecule has 1 aliphatic carbocycles. The van der Waals surface area contributed by atoms with E-state index in [1.807, 2.05) is 44.2 Å². The third kappa shape index (κ3) is 3.84. The van der Waals surface area contributed by atoms with E-state index in [9.17, 15) is 4.79 Å². The number of hydrogen-bond donors (Lipinski definition) is 0. The fraction of sp³-hybridized carbons (Fsp3) is 0.609. The Morgan fingerprint density at radius 2 is 1.69 bits per heavy atom. The Morgan fingerprint density at radius 1 is 1.03 bits per heavy atom. The van der Waals surface area contributed by atoms with Gasteiger partial charge in [-0.3, -0.25) is 0 Å². The van der Waals surface area contributed by atoms with Crippen molar-refractivity contribution in [1.82, 2.24) is 0 Å². The number of ether oxygens (including phenoxy) is 4. The maximum absolute atomic E-state index is 13.4. The van der Waals surface area contributed by atoms with Crippen molar-refractivity contribution in [2.45, 2.75) is 71.2 Å². The third-order valence-corrected chi connectivity index (χ3v) is 8.93. The summed E-state index contributed by atoms with van der Waals surface area (Å²) in [5.41, 5.74) is 1.95. The van der Waals surface area contributed by atoms with Gasteiger partial charge in [-0.2, -0.15) is 0 Å². The molecule has 2 aliphatic heterocycles. The standard InChI is InChI=1S/C23H30O5Te/c1-15-11-12-23(25-13-14-26-23)21(2,3)17(15)18-19(28-22(4,5)27-18)20(24)29-16-9-7-6-8-10-16/h6-10,18-19H,11-14H2,1-5H3/t18-,19+/m1/s1. The van der Waals surface area contributed by atoms with E-state index < -0.39 is 50.1 Å². The fourth-order valence-corrected chi connectivity index (χ4v) is 7.23. The van der Waals surface area contributed by atoms with Gasteiger partial charge in [0.25, 0.3) is 0 Å². The quantitative estimate of drug-likeness (QED) is 0.458. The van der Waals surface area contributed by atoms with E-state index in [2.05, 4.69) is 20.8 Å². The van der Waals surface area contributed by atoms with Crippen molar-refractivity contribution in [1.29, 1.82) is 0 Å².